The molecule has 3 N–H and O–H groups in total. The first kappa shape index (κ1) is 21.3. The third-order valence-corrected chi connectivity index (χ3v) is 3.87. The van der Waals surface area contributed by atoms with Gasteiger partial charge in [-0.1, -0.05) is 24.3 Å². The number of aromatic nitrogens is 2. The second-order valence-corrected chi connectivity index (χ2v) is 6.74. The van der Waals surface area contributed by atoms with Crippen molar-refractivity contribution in [3.63, 3.8) is 0 Å². The number of nitrogens with zero attached hydrogens (tertiary/aromatic N) is 1. The van der Waals surface area contributed by atoms with Gasteiger partial charge in [-0.3, -0.25) is 5.10 Å². The summed E-state index contributed by atoms with van der Waals surface area (Å²) in [6, 6.07) is 12.4. The van der Waals surface area contributed by atoms with Crippen LogP contribution >= 0.6 is 24.8 Å². The van der Waals surface area contributed by atoms with Crippen molar-refractivity contribution in [2.45, 2.75) is 39.3 Å². The lowest BCUT2D eigenvalue weighted by molar-refractivity contribution is 0.246. The van der Waals surface area contributed by atoms with Crippen LogP contribution in [0, 0.1) is 0 Å². The van der Waals surface area contributed by atoms with Gasteiger partial charge < -0.3 is 10.5 Å². The Bertz CT molecular complexity index is 821. The molecule has 0 aliphatic carbocycles. The molecule has 0 atom stereocenters. The highest BCUT2D eigenvalue weighted by Crippen LogP contribution is 2.37. The van der Waals surface area contributed by atoms with Crippen LogP contribution in [0.1, 0.15) is 33.3 Å². The van der Waals surface area contributed by atoms with Crippen molar-refractivity contribution < 1.29 is 4.74 Å². The zero-order valence-electron chi connectivity index (χ0n) is 14.9. The van der Waals surface area contributed by atoms with E-state index in [0.717, 1.165) is 33.3 Å². The second kappa shape index (κ2) is 8.09. The van der Waals surface area contributed by atoms with Gasteiger partial charge in [0.1, 0.15) is 5.75 Å². The van der Waals surface area contributed by atoms with Gasteiger partial charge in [0, 0.05) is 11.1 Å². The topological polar surface area (TPSA) is 63.9 Å². The molecule has 0 spiro atoms. The standard InChI is InChI=1S/C19H23N3O.2ClH/c1-12(2)23-18-15(9-10-17-16(18)11-21-22-17)13-5-7-14(8-6-13)19(3,4)20;;/h5-12H,20H2,1-4H3,(H,21,22);2*1H. The number of aromatic amines is 1. The predicted octanol–water partition coefficient (Wildman–Crippen LogP) is 5.05. The molecule has 0 saturated heterocycles. The maximum Gasteiger partial charge on any atom is 0.138 e. The quantitative estimate of drug-likeness (QED) is 0.663. The van der Waals surface area contributed by atoms with Crippen LogP contribution in [0.3, 0.4) is 0 Å². The van der Waals surface area contributed by atoms with Crippen LogP contribution in [0.25, 0.3) is 22.0 Å². The van der Waals surface area contributed by atoms with Crippen molar-refractivity contribution in [3.8, 4) is 16.9 Å². The minimum Gasteiger partial charge on any atom is -0.490 e. The van der Waals surface area contributed by atoms with Gasteiger partial charge in [0.2, 0.25) is 0 Å². The molecule has 0 fully saturated rings. The summed E-state index contributed by atoms with van der Waals surface area (Å²) in [6.45, 7) is 8.07. The van der Waals surface area contributed by atoms with Crippen molar-refractivity contribution in [1.29, 1.82) is 0 Å². The molecule has 4 nitrogen and oxygen atoms in total. The van der Waals surface area contributed by atoms with Gasteiger partial charge >= 0.3 is 0 Å². The van der Waals surface area contributed by atoms with Crippen molar-refractivity contribution in [2.75, 3.05) is 0 Å². The highest BCUT2D eigenvalue weighted by atomic mass is 35.5. The van der Waals surface area contributed by atoms with Gasteiger partial charge in [0.15, 0.2) is 0 Å². The molecule has 6 heteroatoms. The van der Waals surface area contributed by atoms with Crippen molar-refractivity contribution in [2.24, 2.45) is 5.73 Å². The molecule has 0 bridgehead atoms. The van der Waals surface area contributed by atoms with E-state index in [1.807, 2.05) is 40.0 Å². The molecule has 0 aliphatic heterocycles. The third-order valence-electron chi connectivity index (χ3n) is 3.87. The predicted molar refractivity (Wildman–Crippen MR) is 109 cm³/mol. The van der Waals surface area contributed by atoms with E-state index in [1.54, 1.807) is 0 Å². The molecular weight excluding hydrogens is 357 g/mol. The molecule has 0 amide bonds. The number of fused-ring (bicyclic) bond motifs is 1. The summed E-state index contributed by atoms with van der Waals surface area (Å²) in [5.41, 5.74) is 10.1. The van der Waals surface area contributed by atoms with E-state index in [1.165, 1.54) is 0 Å². The molecule has 0 unspecified atom stereocenters. The third kappa shape index (κ3) is 4.46. The lowest BCUT2D eigenvalue weighted by Crippen LogP contribution is -2.28. The Morgan fingerprint density at radius 1 is 1.04 bits per heavy atom. The second-order valence-electron chi connectivity index (χ2n) is 6.74. The number of hydrogen-bond acceptors (Lipinski definition) is 3. The number of nitrogens with one attached hydrogen (secondary N) is 1. The monoisotopic (exact) mass is 381 g/mol. The van der Waals surface area contributed by atoms with Crippen LogP contribution < -0.4 is 10.5 Å². The Morgan fingerprint density at radius 2 is 1.68 bits per heavy atom. The van der Waals surface area contributed by atoms with Gasteiger partial charge in [0.05, 0.1) is 23.2 Å². The Kier molecular flexibility index (Phi) is 6.89. The fourth-order valence-electron chi connectivity index (χ4n) is 2.66. The Labute approximate surface area is 161 Å². The number of rotatable bonds is 4. The first-order chi connectivity index (χ1) is 10.9. The molecule has 0 aliphatic rings. The van der Waals surface area contributed by atoms with Gasteiger partial charge in [0.25, 0.3) is 0 Å². The van der Waals surface area contributed by atoms with E-state index in [-0.39, 0.29) is 36.5 Å². The maximum atomic E-state index is 6.16. The van der Waals surface area contributed by atoms with Crippen molar-refractivity contribution in [1.82, 2.24) is 10.2 Å². The summed E-state index contributed by atoms with van der Waals surface area (Å²) in [5.74, 6) is 0.867. The van der Waals surface area contributed by atoms with Crippen LogP contribution in [-0.2, 0) is 5.54 Å². The molecular formula is C19H25Cl2N3O. The first-order valence-corrected chi connectivity index (χ1v) is 7.89. The summed E-state index contributed by atoms with van der Waals surface area (Å²) in [7, 11) is 0. The normalized spacial score (nSPS) is 11.1. The Hall–Kier alpha value is -1.75. The Balaban J connectivity index is 0.00000156. The summed E-state index contributed by atoms with van der Waals surface area (Å²) >= 11 is 0. The van der Waals surface area contributed by atoms with E-state index < -0.39 is 0 Å². The molecule has 0 radical (unpaired) electrons. The van der Waals surface area contributed by atoms with Crippen molar-refractivity contribution >= 4 is 35.7 Å². The first-order valence-electron chi connectivity index (χ1n) is 7.89. The molecule has 25 heavy (non-hydrogen) atoms. The lowest BCUT2D eigenvalue weighted by atomic mass is 9.93. The average molecular weight is 382 g/mol. The van der Waals surface area contributed by atoms with Gasteiger partial charge in [-0.15, -0.1) is 24.8 Å². The van der Waals surface area contributed by atoms with Gasteiger partial charge in [-0.05, 0) is 51.0 Å². The minimum absolute atomic E-state index is 0. The van der Waals surface area contributed by atoms with E-state index >= 15 is 0 Å². The SMILES string of the molecule is CC(C)Oc1c(-c2ccc(C(C)(C)N)cc2)ccc2[nH]ncc12.Cl.Cl. The Morgan fingerprint density at radius 3 is 2.24 bits per heavy atom. The largest absolute Gasteiger partial charge is 0.490 e. The molecule has 136 valence electrons. The minimum atomic E-state index is -0.343. The van der Waals surface area contributed by atoms with Crippen LogP contribution in [0.15, 0.2) is 42.6 Å². The fourth-order valence-corrected chi connectivity index (χ4v) is 2.66. The molecule has 2 aromatic carbocycles. The smallest absolute Gasteiger partial charge is 0.138 e. The molecule has 3 aromatic rings. The maximum absolute atomic E-state index is 6.16. The summed E-state index contributed by atoms with van der Waals surface area (Å²) in [5, 5.41) is 8.12. The van der Waals surface area contributed by atoms with Crippen molar-refractivity contribution in [3.05, 3.63) is 48.2 Å². The van der Waals surface area contributed by atoms with Crippen LogP contribution in [-0.4, -0.2) is 16.3 Å². The van der Waals surface area contributed by atoms with E-state index in [2.05, 4.69) is 40.5 Å². The summed E-state index contributed by atoms with van der Waals surface area (Å²) in [6.07, 6.45) is 1.91. The number of benzene rings is 2. The van der Waals surface area contributed by atoms with E-state index in [4.69, 9.17) is 10.5 Å². The zero-order chi connectivity index (χ0) is 16.6. The van der Waals surface area contributed by atoms with Gasteiger partial charge in [-0.25, -0.2) is 0 Å². The molecule has 0 saturated carbocycles. The molecule has 1 heterocycles. The number of ether oxygens (including phenoxy) is 1. The number of H-pyrrole nitrogens is 1. The number of halogens is 2. The van der Waals surface area contributed by atoms with E-state index in [0.29, 0.717) is 0 Å². The highest BCUT2D eigenvalue weighted by Gasteiger charge is 2.16. The molecule has 3 rings (SSSR count). The zero-order valence-corrected chi connectivity index (χ0v) is 16.5. The van der Waals surface area contributed by atoms with Crippen LogP contribution in [0.2, 0.25) is 0 Å². The van der Waals surface area contributed by atoms with Crippen LogP contribution in [0.4, 0.5) is 0 Å². The molecule has 1 aromatic heterocycles. The number of hydrogen-bond donors (Lipinski definition) is 2. The highest BCUT2D eigenvalue weighted by molar-refractivity contribution is 5.92. The van der Waals surface area contributed by atoms with Gasteiger partial charge in [-0.2, -0.15) is 5.10 Å². The van der Waals surface area contributed by atoms with E-state index in [9.17, 15) is 0 Å². The average Bonchev–Trinajstić information content (AvgIpc) is 2.95. The van der Waals surface area contributed by atoms with Crippen LogP contribution in [0.5, 0.6) is 5.75 Å². The summed E-state index contributed by atoms with van der Waals surface area (Å²) < 4.78 is 6.08. The number of nitrogens with two attached hydrogens (primary N) is 1. The fraction of sp³-hybridized carbons (Fsp3) is 0.316. The lowest BCUT2D eigenvalue weighted by Gasteiger charge is -2.20. The summed E-state index contributed by atoms with van der Waals surface area (Å²) in [4.78, 5) is 0.